The molecule has 0 N–H and O–H groups in total. The molecule has 0 spiro atoms. The monoisotopic (exact) mass is 412 g/mol. The standard InChI is InChI=1S/C20H24N6O2S/c1-15-22-17(14-29-15)13-25-8-3-9-26(11-10-25)19(27)6-5-18-23-20(24-28-18)16-4-2-7-21-12-16/h2,4,7,12,14H,3,5-6,8-11,13H2,1H3. The van der Waals surface area contributed by atoms with E-state index in [1.165, 1.54) is 0 Å². The van der Waals surface area contributed by atoms with E-state index in [0.717, 1.165) is 55.4 Å². The summed E-state index contributed by atoms with van der Waals surface area (Å²) in [5.41, 5.74) is 1.92. The van der Waals surface area contributed by atoms with Crippen LogP contribution in [0.5, 0.6) is 0 Å². The van der Waals surface area contributed by atoms with Gasteiger partial charge in [-0.3, -0.25) is 14.7 Å². The third-order valence-electron chi connectivity index (χ3n) is 4.93. The lowest BCUT2D eigenvalue weighted by Gasteiger charge is -2.21. The largest absolute Gasteiger partial charge is 0.341 e. The van der Waals surface area contributed by atoms with E-state index < -0.39 is 0 Å². The minimum absolute atomic E-state index is 0.137. The molecule has 29 heavy (non-hydrogen) atoms. The van der Waals surface area contributed by atoms with Gasteiger partial charge in [-0.25, -0.2) is 4.98 Å². The van der Waals surface area contributed by atoms with Gasteiger partial charge in [0.05, 0.1) is 10.7 Å². The zero-order chi connectivity index (χ0) is 20.1. The number of aromatic nitrogens is 4. The number of carbonyl (C=O) groups is 1. The summed E-state index contributed by atoms with van der Waals surface area (Å²) >= 11 is 1.68. The van der Waals surface area contributed by atoms with Crippen molar-refractivity contribution in [3.8, 4) is 11.4 Å². The molecule has 0 aliphatic carbocycles. The van der Waals surface area contributed by atoms with Gasteiger partial charge in [0.15, 0.2) is 0 Å². The van der Waals surface area contributed by atoms with Crippen molar-refractivity contribution in [1.29, 1.82) is 0 Å². The fraction of sp³-hybridized carbons (Fsp3) is 0.450. The van der Waals surface area contributed by atoms with E-state index in [1.807, 2.05) is 24.0 Å². The molecule has 1 fully saturated rings. The molecule has 0 radical (unpaired) electrons. The Labute approximate surface area is 173 Å². The molecule has 1 amide bonds. The summed E-state index contributed by atoms with van der Waals surface area (Å²) < 4.78 is 5.29. The number of hydrogen-bond acceptors (Lipinski definition) is 8. The molecule has 0 atom stereocenters. The van der Waals surface area contributed by atoms with Crippen molar-refractivity contribution in [2.45, 2.75) is 32.7 Å². The number of rotatable bonds is 6. The molecule has 152 valence electrons. The number of thiazole rings is 1. The van der Waals surface area contributed by atoms with Crippen molar-refractivity contribution in [3.05, 3.63) is 46.5 Å². The lowest BCUT2D eigenvalue weighted by Crippen LogP contribution is -2.35. The van der Waals surface area contributed by atoms with Crippen LogP contribution in [0, 0.1) is 6.92 Å². The summed E-state index contributed by atoms with van der Waals surface area (Å²) in [5, 5.41) is 7.20. The van der Waals surface area contributed by atoms with Gasteiger partial charge in [0.2, 0.25) is 17.6 Å². The Bertz CT molecular complexity index is 941. The molecule has 0 bridgehead atoms. The van der Waals surface area contributed by atoms with E-state index in [2.05, 4.69) is 30.4 Å². The highest BCUT2D eigenvalue weighted by Gasteiger charge is 2.20. The molecule has 8 nitrogen and oxygen atoms in total. The summed E-state index contributed by atoms with van der Waals surface area (Å²) in [4.78, 5) is 30.0. The van der Waals surface area contributed by atoms with Gasteiger partial charge in [0.25, 0.3) is 0 Å². The minimum Gasteiger partial charge on any atom is -0.341 e. The van der Waals surface area contributed by atoms with Crippen molar-refractivity contribution in [1.82, 2.24) is 29.9 Å². The Balaban J connectivity index is 1.26. The Morgan fingerprint density at radius 3 is 2.97 bits per heavy atom. The Hall–Kier alpha value is -2.65. The molecule has 3 aromatic heterocycles. The van der Waals surface area contributed by atoms with Gasteiger partial charge in [-0.2, -0.15) is 4.98 Å². The molecule has 0 unspecified atom stereocenters. The van der Waals surface area contributed by atoms with Gasteiger partial charge >= 0.3 is 0 Å². The first-order valence-electron chi connectivity index (χ1n) is 9.81. The molecule has 4 rings (SSSR count). The first-order chi connectivity index (χ1) is 14.2. The molecule has 1 aliphatic rings. The molecule has 4 heterocycles. The second kappa shape index (κ2) is 9.23. The van der Waals surface area contributed by atoms with Crippen LogP contribution in [0.3, 0.4) is 0 Å². The summed E-state index contributed by atoms with van der Waals surface area (Å²) in [6.07, 6.45) is 5.18. The lowest BCUT2D eigenvalue weighted by atomic mass is 10.2. The van der Waals surface area contributed by atoms with E-state index in [-0.39, 0.29) is 5.91 Å². The summed E-state index contributed by atoms with van der Waals surface area (Å²) in [7, 11) is 0. The van der Waals surface area contributed by atoms with Crippen LogP contribution in [0.4, 0.5) is 0 Å². The van der Waals surface area contributed by atoms with Crippen LogP contribution in [-0.2, 0) is 17.8 Å². The number of carbonyl (C=O) groups excluding carboxylic acids is 1. The zero-order valence-electron chi connectivity index (χ0n) is 16.5. The van der Waals surface area contributed by atoms with Crippen molar-refractivity contribution in [2.24, 2.45) is 0 Å². The quantitative estimate of drug-likeness (QED) is 0.615. The average molecular weight is 413 g/mol. The molecular weight excluding hydrogens is 388 g/mol. The minimum atomic E-state index is 0.137. The predicted molar refractivity (Wildman–Crippen MR) is 109 cm³/mol. The van der Waals surface area contributed by atoms with E-state index in [4.69, 9.17) is 4.52 Å². The molecule has 0 aromatic carbocycles. The van der Waals surface area contributed by atoms with Crippen molar-refractivity contribution in [2.75, 3.05) is 26.2 Å². The molecule has 0 saturated carbocycles. The van der Waals surface area contributed by atoms with Crippen LogP contribution in [0.25, 0.3) is 11.4 Å². The van der Waals surface area contributed by atoms with Crippen LogP contribution < -0.4 is 0 Å². The lowest BCUT2D eigenvalue weighted by molar-refractivity contribution is -0.131. The van der Waals surface area contributed by atoms with Crippen LogP contribution in [-0.4, -0.2) is 62.0 Å². The van der Waals surface area contributed by atoms with Gasteiger partial charge in [-0.15, -0.1) is 11.3 Å². The van der Waals surface area contributed by atoms with E-state index in [0.29, 0.717) is 24.6 Å². The average Bonchev–Trinajstić information content (AvgIpc) is 3.31. The maximum Gasteiger partial charge on any atom is 0.227 e. The highest BCUT2D eigenvalue weighted by atomic mass is 32.1. The second-order valence-corrected chi connectivity index (χ2v) is 8.18. The summed E-state index contributed by atoms with van der Waals surface area (Å²) in [5.74, 6) is 1.12. The Morgan fingerprint density at radius 2 is 2.17 bits per heavy atom. The number of nitrogens with zero attached hydrogens (tertiary/aromatic N) is 6. The number of pyridine rings is 1. The van der Waals surface area contributed by atoms with E-state index in [9.17, 15) is 4.79 Å². The molecular formula is C20H24N6O2S. The molecule has 3 aromatic rings. The second-order valence-electron chi connectivity index (χ2n) is 7.12. The van der Waals surface area contributed by atoms with Gasteiger partial charge in [-0.05, 0) is 25.5 Å². The SMILES string of the molecule is Cc1nc(CN2CCCN(C(=O)CCc3nc(-c4cccnc4)no3)CC2)cs1. The molecule has 1 aliphatic heterocycles. The zero-order valence-corrected chi connectivity index (χ0v) is 17.3. The highest BCUT2D eigenvalue weighted by molar-refractivity contribution is 7.09. The van der Waals surface area contributed by atoms with Crippen LogP contribution in [0.2, 0.25) is 0 Å². The Kier molecular flexibility index (Phi) is 6.26. The summed E-state index contributed by atoms with van der Waals surface area (Å²) in [6, 6.07) is 3.70. The third kappa shape index (κ3) is 5.24. The van der Waals surface area contributed by atoms with Gasteiger partial charge in [0.1, 0.15) is 0 Å². The maximum absolute atomic E-state index is 12.7. The normalized spacial score (nSPS) is 15.4. The number of hydrogen-bond donors (Lipinski definition) is 0. The van der Waals surface area contributed by atoms with Gasteiger partial charge in [-0.1, -0.05) is 5.16 Å². The summed E-state index contributed by atoms with van der Waals surface area (Å²) in [6.45, 7) is 6.26. The maximum atomic E-state index is 12.7. The first kappa shape index (κ1) is 19.7. The van der Waals surface area contributed by atoms with E-state index >= 15 is 0 Å². The number of aryl methyl sites for hydroxylation is 2. The topological polar surface area (TPSA) is 88.3 Å². The molecule has 1 saturated heterocycles. The van der Waals surface area contributed by atoms with Crippen molar-refractivity contribution in [3.63, 3.8) is 0 Å². The fourth-order valence-electron chi connectivity index (χ4n) is 3.43. The van der Waals surface area contributed by atoms with Crippen LogP contribution in [0.15, 0.2) is 34.4 Å². The van der Waals surface area contributed by atoms with Crippen LogP contribution >= 0.6 is 11.3 Å². The highest BCUT2D eigenvalue weighted by Crippen LogP contribution is 2.16. The van der Waals surface area contributed by atoms with Gasteiger partial charge < -0.3 is 9.42 Å². The number of amides is 1. The predicted octanol–water partition coefficient (Wildman–Crippen LogP) is 2.56. The van der Waals surface area contributed by atoms with Crippen molar-refractivity contribution >= 4 is 17.2 Å². The third-order valence-corrected chi connectivity index (χ3v) is 5.76. The Morgan fingerprint density at radius 1 is 1.24 bits per heavy atom. The smallest absolute Gasteiger partial charge is 0.227 e. The van der Waals surface area contributed by atoms with Crippen LogP contribution in [0.1, 0.15) is 29.4 Å². The first-order valence-corrected chi connectivity index (χ1v) is 10.7. The molecule has 9 heteroatoms. The van der Waals surface area contributed by atoms with Gasteiger partial charge in [0, 0.05) is 68.9 Å². The van der Waals surface area contributed by atoms with E-state index in [1.54, 1.807) is 23.7 Å². The fourth-order valence-corrected chi connectivity index (χ4v) is 4.03. The van der Waals surface area contributed by atoms with Crippen molar-refractivity contribution < 1.29 is 9.32 Å².